The molecule has 1 saturated heterocycles. The van der Waals surface area contributed by atoms with E-state index in [1.165, 1.54) is 6.42 Å². The molecule has 0 saturated carbocycles. The fraction of sp³-hybridized carbons (Fsp3) is 0.647. The number of carbonyl (C=O) groups excluding carboxylic acids is 1. The maximum Gasteiger partial charge on any atom is 0.242 e. The summed E-state index contributed by atoms with van der Waals surface area (Å²) >= 11 is 0. The molecule has 2 unspecified atom stereocenters. The molecule has 1 aromatic rings. The number of aliphatic imine (C=N–C) groups is 1. The minimum atomic E-state index is -0.102. The van der Waals surface area contributed by atoms with Gasteiger partial charge in [0.2, 0.25) is 5.91 Å². The van der Waals surface area contributed by atoms with E-state index in [2.05, 4.69) is 34.4 Å². The van der Waals surface area contributed by atoms with E-state index in [0.717, 1.165) is 31.4 Å². The van der Waals surface area contributed by atoms with Crippen LogP contribution in [-0.2, 0) is 11.3 Å². The van der Waals surface area contributed by atoms with Crippen LogP contribution in [0.5, 0.6) is 0 Å². The topological polar surface area (TPSA) is 69.9 Å². The summed E-state index contributed by atoms with van der Waals surface area (Å²) in [5, 5.41) is 6.11. The van der Waals surface area contributed by atoms with Crippen molar-refractivity contribution in [3.8, 4) is 0 Å². The zero-order valence-corrected chi connectivity index (χ0v) is 14.3. The smallest absolute Gasteiger partial charge is 0.242 e. The highest BCUT2D eigenvalue weighted by Gasteiger charge is 2.24. The summed E-state index contributed by atoms with van der Waals surface area (Å²) in [4.78, 5) is 18.7. The van der Waals surface area contributed by atoms with Gasteiger partial charge in [0.25, 0.3) is 0 Å². The minimum Gasteiger partial charge on any atom is -0.467 e. The van der Waals surface area contributed by atoms with Gasteiger partial charge in [-0.15, -0.1) is 0 Å². The van der Waals surface area contributed by atoms with Gasteiger partial charge in [-0.05, 0) is 37.3 Å². The van der Waals surface area contributed by atoms with E-state index >= 15 is 0 Å². The van der Waals surface area contributed by atoms with E-state index in [4.69, 9.17) is 4.42 Å². The lowest BCUT2D eigenvalue weighted by Gasteiger charge is -2.37. The number of furan rings is 1. The molecule has 2 atom stereocenters. The SMILES string of the molecule is CCNC(=NCC(=O)NCc1ccco1)N1CC(C)CC(C)C1. The Morgan fingerprint density at radius 2 is 2.09 bits per heavy atom. The maximum atomic E-state index is 12.0. The number of nitrogens with zero attached hydrogens (tertiary/aromatic N) is 2. The van der Waals surface area contributed by atoms with Crippen LogP contribution in [0.4, 0.5) is 0 Å². The summed E-state index contributed by atoms with van der Waals surface area (Å²) in [5.74, 6) is 2.77. The lowest BCUT2D eigenvalue weighted by atomic mass is 9.92. The number of likely N-dealkylation sites (tertiary alicyclic amines) is 1. The lowest BCUT2D eigenvalue weighted by molar-refractivity contribution is -0.119. The van der Waals surface area contributed by atoms with Gasteiger partial charge in [0, 0.05) is 19.6 Å². The van der Waals surface area contributed by atoms with Crippen LogP contribution in [-0.4, -0.2) is 42.9 Å². The number of carbonyl (C=O) groups is 1. The molecule has 6 nitrogen and oxygen atoms in total. The van der Waals surface area contributed by atoms with Crippen LogP contribution in [0.15, 0.2) is 27.8 Å². The summed E-state index contributed by atoms with van der Waals surface area (Å²) < 4.78 is 5.20. The van der Waals surface area contributed by atoms with E-state index in [0.29, 0.717) is 18.4 Å². The van der Waals surface area contributed by atoms with Gasteiger partial charge in [0.15, 0.2) is 5.96 Å². The average molecular weight is 320 g/mol. The largest absolute Gasteiger partial charge is 0.467 e. The van der Waals surface area contributed by atoms with Crippen LogP contribution < -0.4 is 10.6 Å². The van der Waals surface area contributed by atoms with Gasteiger partial charge < -0.3 is 20.0 Å². The number of piperidine rings is 1. The predicted molar refractivity (Wildman–Crippen MR) is 91.1 cm³/mol. The van der Waals surface area contributed by atoms with Crippen LogP contribution >= 0.6 is 0 Å². The Morgan fingerprint density at radius 3 is 2.70 bits per heavy atom. The molecular formula is C17H28N4O2. The summed E-state index contributed by atoms with van der Waals surface area (Å²) in [5.41, 5.74) is 0. The third kappa shape index (κ3) is 5.62. The van der Waals surface area contributed by atoms with Gasteiger partial charge in [-0.1, -0.05) is 13.8 Å². The first kappa shape index (κ1) is 17.4. The maximum absolute atomic E-state index is 12.0. The molecule has 1 amide bonds. The minimum absolute atomic E-state index is 0.102. The van der Waals surface area contributed by atoms with E-state index in [1.807, 2.05) is 19.1 Å². The van der Waals surface area contributed by atoms with Gasteiger partial charge in [0.05, 0.1) is 12.8 Å². The second kappa shape index (κ2) is 8.60. The zero-order valence-electron chi connectivity index (χ0n) is 14.3. The van der Waals surface area contributed by atoms with Crippen molar-refractivity contribution in [2.75, 3.05) is 26.2 Å². The van der Waals surface area contributed by atoms with Crippen molar-refractivity contribution in [2.24, 2.45) is 16.8 Å². The van der Waals surface area contributed by atoms with Crippen LogP contribution in [0.1, 0.15) is 33.0 Å². The molecule has 23 heavy (non-hydrogen) atoms. The van der Waals surface area contributed by atoms with Crippen molar-refractivity contribution in [1.82, 2.24) is 15.5 Å². The van der Waals surface area contributed by atoms with Crippen LogP contribution in [0.25, 0.3) is 0 Å². The van der Waals surface area contributed by atoms with Gasteiger partial charge >= 0.3 is 0 Å². The lowest BCUT2D eigenvalue weighted by Crippen LogP contribution is -2.48. The molecule has 1 fully saturated rings. The number of hydrogen-bond acceptors (Lipinski definition) is 3. The second-order valence-electron chi connectivity index (χ2n) is 6.38. The van der Waals surface area contributed by atoms with E-state index in [9.17, 15) is 4.79 Å². The van der Waals surface area contributed by atoms with Crippen molar-refractivity contribution in [3.05, 3.63) is 24.2 Å². The van der Waals surface area contributed by atoms with Crippen LogP contribution in [0, 0.1) is 11.8 Å². The molecule has 0 bridgehead atoms. The van der Waals surface area contributed by atoms with E-state index in [-0.39, 0.29) is 12.5 Å². The Morgan fingerprint density at radius 1 is 1.35 bits per heavy atom. The highest BCUT2D eigenvalue weighted by Crippen LogP contribution is 2.20. The number of nitrogens with one attached hydrogen (secondary N) is 2. The van der Waals surface area contributed by atoms with Gasteiger partial charge in [-0.3, -0.25) is 4.79 Å². The highest BCUT2D eigenvalue weighted by molar-refractivity contribution is 5.85. The molecule has 6 heteroatoms. The summed E-state index contributed by atoms with van der Waals surface area (Å²) in [6.45, 7) is 9.88. The molecule has 0 spiro atoms. The molecule has 0 aromatic carbocycles. The summed E-state index contributed by atoms with van der Waals surface area (Å²) in [6.07, 6.45) is 2.85. The summed E-state index contributed by atoms with van der Waals surface area (Å²) in [6, 6.07) is 3.64. The van der Waals surface area contributed by atoms with Gasteiger partial charge in [-0.25, -0.2) is 4.99 Å². The van der Waals surface area contributed by atoms with Crippen molar-refractivity contribution >= 4 is 11.9 Å². The zero-order chi connectivity index (χ0) is 16.7. The highest BCUT2D eigenvalue weighted by atomic mass is 16.3. The number of rotatable bonds is 5. The Bertz CT molecular complexity index is 503. The second-order valence-corrected chi connectivity index (χ2v) is 6.38. The fourth-order valence-corrected chi connectivity index (χ4v) is 3.06. The Labute approximate surface area is 138 Å². The molecule has 0 aliphatic carbocycles. The third-order valence-corrected chi connectivity index (χ3v) is 3.92. The Balaban J connectivity index is 1.88. The molecule has 1 aromatic heterocycles. The number of guanidine groups is 1. The van der Waals surface area contributed by atoms with Crippen molar-refractivity contribution in [2.45, 2.75) is 33.7 Å². The molecule has 2 heterocycles. The van der Waals surface area contributed by atoms with Crippen molar-refractivity contribution in [1.29, 1.82) is 0 Å². The monoisotopic (exact) mass is 320 g/mol. The van der Waals surface area contributed by atoms with Crippen molar-refractivity contribution < 1.29 is 9.21 Å². The molecular weight excluding hydrogens is 292 g/mol. The first-order valence-electron chi connectivity index (χ1n) is 8.40. The van der Waals surface area contributed by atoms with Crippen LogP contribution in [0.2, 0.25) is 0 Å². The van der Waals surface area contributed by atoms with Crippen molar-refractivity contribution in [3.63, 3.8) is 0 Å². The molecule has 2 rings (SSSR count). The standard InChI is InChI=1S/C17H28N4O2/c1-4-18-17(21-11-13(2)8-14(3)12-21)20-10-16(22)19-9-15-6-5-7-23-15/h5-7,13-14H,4,8-12H2,1-3H3,(H,18,20)(H,19,22). The fourth-order valence-electron chi connectivity index (χ4n) is 3.06. The average Bonchev–Trinajstić information content (AvgIpc) is 3.01. The normalized spacial score (nSPS) is 22.0. The first-order valence-corrected chi connectivity index (χ1v) is 8.40. The first-order chi connectivity index (χ1) is 11.1. The summed E-state index contributed by atoms with van der Waals surface area (Å²) in [7, 11) is 0. The molecule has 1 aliphatic heterocycles. The van der Waals surface area contributed by atoms with Gasteiger partial charge in [-0.2, -0.15) is 0 Å². The van der Waals surface area contributed by atoms with Gasteiger partial charge in [0.1, 0.15) is 12.3 Å². The molecule has 2 N–H and O–H groups in total. The molecule has 128 valence electrons. The predicted octanol–water partition coefficient (Wildman–Crippen LogP) is 1.84. The third-order valence-electron chi connectivity index (χ3n) is 3.92. The number of hydrogen-bond donors (Lipinski definition) is 2. The Hall–Kier alpha value is -1.98. The Kier molecular flexibility index (Phi) is 6.50. The van der Waals surface area contributed by atoms with E-state index in [1.54, 1.807) is 6.26 Å². The molecule has 0 radical (unpaired) electrons. The number of amides is 1. The molecule has 1 aliphatic rings. The van der Waals surface area contributed by atoms with Crippen LogP contribution in [0.3, 0.4) is 0 Å². The van der Waals surface area contributed by atoms with E-state index < -0.39 is 0 Å². The quantitative estimate of drug-likeness (QED) is 0.641.